The zero-order chi connectivity index (χ0) is 14.4. The van der Waals surface area contributed by atoms with E-state index in [9.17, 15) is 5.11 Å². The Kier molecular flexibility index (Phi) is 2.73. The van der Waals surface area contributed by atoms with Crippen LogP contribution in [0.4, 0.5) is 0 Å². The number of rotatable bonds is 1. The molecule has 3 nitrogen and oxygen atoms in total. The summed E-state index contributed by atoms with van der Waals surface area (Å²) in [6.07, 6.45) is 0.937. The van der Waals surface area contributed by atoms with Crippen LogP contribution < -0.4 is 4.74 Å². The van der Waals surface area contributed by atoms with E-state index < -0.39 is 0 Å². The Bertz CT molecular complexity index is 684. The van der Waals surface area contributed by atoms with Crippen LogP contribution in [0.1, 0.15) is 23.5 Å². The summed E-state index contributed by atoms with van der Waals surface area (Å²) in [6, 6.07) is 15.9. The lowest BCUT2D eigenvalue weighted by Gasteiger charge is -2.42. The van der Waals surface area contributed by atoms with Gasteiger partial charge in [-0.1, -0.05) is 30.3 Å². The van der Waals surface area contributed by atoms with Gasteiger partial charge in [-0.05, 0) is 30.8 Å². The standard InChI is InChI=1S/C18H19NO2/c1-19-10-9-18(13-5-4-6-14(20)11-13)16(12-19)15-7-2-3-8-17(15)21-18/h2-8,11,16,20H,9-10,12H2,1H3/t16-,18+/m1/s1. The first-order chi connectivity index (χ1) is 10.2. The van der Waals surface area contributed by atoms with Gasteiger partial charge in [0, 0.05) is 31.0 Å². The Labute approximate surface area is 124 Å². The van der Waals surface area contributed by atoms with Crippen molar-refractivity contribution in [2.24, 2.45) is 0 Å². The van der Waals surface area contributed by atoms with E-state index in [0.29, 0.717) is 11.7 Å². The number of likely N-dealkylation sites (tertiary alicyclic amines) is 1. The number of phenols is 1. The molecule has 1 fully saturated rings. The molecule has 0 unspecified atom stereocenters. The third kappa shape index (κ3) is 1.84. The van der Waals surface area contributed by atoms with Crippen molar-refractivity contribution >= 4 is 0 Å². The van der Waals surface area contributed by atoms with Gasteiger partial charge in [-0.15, -0.1) is 0 Å². The van der Waals surface area contributed by atoms with E-state index in [1.165, 1.54) is 5.56 Å². The SMILES string of the molecule is CN1CC[C@@]2(c3cccc(O)c3)Oc3ccccc3[C@H]2C1. The van der Waals surface area contributed by atoms with Crippen molar-refractivity contribution in [3.63, 3.8) is 0 Å². The highest BCUT2D eigenvalue weighted by atomic mass is 16.5. The number of piperidine rings is 1. The molecule has 2 aromatic rings. The first-order valence-corrected chi connectivity index (χ1v) is 7.45. The predicted octanol–water partition coefficient (Wildman–Crippen LogP) is 3.10. The molecule has 2 aliphatic rings. The van der Waals surface area contributed by atoms with Crippen molar-refractivity contribution in [3.05, 3.63) is 59.7 Å². The molecule has 0 radical (unpaired) electrons. The van der Waals surface area contributed by atoms with Crippen molar-refractivity contribution in [2.75, 3.05) is 20.1 Å². The molecule has 2 aromatic carbocycles. The van der Waals surface area contributed by atoms with Crippen molar-refractivity contribution in [1.82, 2.24) is 4.90 Å². The summed E-state index contributed by atoms with van der Waals surface area (Å²) in [4.78, 5) is 2.36. The van der Waals surface area contributed by atoms with Gasteiger partial charge in [0.2, 0.25) is 0 Å². The number of ether oxygens (including phenoxy) is 1. The normalized spacial score (nSPS) is 27.8. The molecule has 21 heavy (non-hydrogen) atoms. The summed E-state index contributed by atoms with van der Waals surface area (Å²) in [5, 5.41) is 9.86. The highest BCUT2D eigenvalue weighted by Crippen LogP contribution is 2.54. The molecule has 4 rings (SSSR count). The molecule has 108 valence electrons. The van der Waals surface area contributed by atoms with Gasteiger partial charge >= 0.3 is 0 Å². The minimum absolute atomic E-state index is 0.305. The van der Waals surface area contributed by atoms with E-state index in [2.05, 4.69) is 36.2 Å². The maximum absolute atomic E-state index is 9.86. The van der Waals surface area contributed by atoms with Gasteiger partial charge in [0.1, 0.15) is 17.1 Å². The lowest BCUT2D eigenvalue weighted by molar-refractivity contribution is 0.00688. The first-order valence-electron chi connectivity index (χ1n) is 7.45. The number of para-hydroxylation sites is 1. The van der Waals surface area contributed by atoms with Crippen LogP contribution in [-0.4, -0.2) is 30.1 Å². The van der Waals surface area contributed by atoms with E-state index in [0.717, 1.165) is 30.8 Å². The molecule has 1 N–H and O–H groups in total. The molecular weight excluding hydrogens is 262 g/mol. The minimum Gasteiger partial charge on any atom is -0.508 e. The molecule has 0 spiro atoms. The van der Waals surface area contributed by atoms with Crippen LogP contribution in [-0.2, 0) is 5.60 Å². The fourth-order valence-electron chi connectivity index (χ4n) is 3.78. The number of hydrogen-bond donors (Lipinski definition) is 1. The Hall–Kier alpha value is -2.00. The highest BCUT2D eigenvalue weighted by Gasteiger charge is 2.51. The van der Waals surface area contributed by atoms with Crippen molar-refractivity contribution in [1.29, 1.82) is 0 Å². The lowest BCUT2D eigenvalue weighted by Crippen LogP contribution is -2.47. The van der Waals surface area contributed by atoms with Crippen LogP contribution in [0.25, 0.3) is 0 Å². The van der Waals surface area contributed by atoms with Gasteiger partial charge in [-0.2, -0.15) is 0 Å². The quantitative estimate of drug-likeness (QED) is 0.872. The third-order valence-electron chi connectivity index (χ3n) is 4.84. The third-order valence-corrected chi connectivity index (χ3v) is 4.84. The number of phenolic OH excluding ortho intramolecular Hbond substituents is 1. The van der Waals surface area contributed by atoms with Crippen molar-refractivity contribution < 1.29 is 9.84 Å². The zero-order valence-corrected chi connectivity index (χ0v) is 12.1. The lowest BCUT2D eigenvalue weighted by atomic mass is 9.74. The van der Waals surface area contributed by atoms with Gasteiger partial charge in [-0.25, -0.2) is 0 Å². The zero-order valence-electron chi connectivity index (χ0n) is 12.1. The predicted molar refractivity (Wildman–Crippen MR) is 81.7 cm³/mol. The van der Waals surface area contributed by atoms with Crippen LogP contribution in [0.15, 0.2) is 48.5 Å². The Morgan fingerprint density at radius 3 is 2.90 bits per heavy atom. The van der Waals surface area contributed by atoms with E-state index in [-0.39, 0.29) is 5.60 Å². The summed E-state index contributed by atoms with van der Waals surface area (Å²) >= 11 is 0. The van der Waals surface area contributed by atoms with Crippen molar-refractivity contribution in [3.8, 4) is 11.5 Å². The summed E-state index contributed by atoms with van der Waals surface area (Å²) in [5.41, 5.74) is 2.03. The molecule has 0 amide bonds. The van der Waals surface area contributed by atoms with E-state index in [1.54, 1.807) is 6.07 Å². The van der Waals surface area contributed by atoms with E-state index >= 15 is 0 Å². The van der Waals surface area contributed by atoms with Gasteiger partial charge in [0.05, 0.1) is 0 Å². The van der Waals surface area contributed by atoms with Crippen LogP contribution in [0.3, 0.4) is 0 Å². The van der Waals surface area contributed by atoms with Crippen LogP contribution in [0.5, 0.6) is 11.5 Å². The highest BCUT2D eigenvalue weighted by molar-refractivity contribution is 5.48. The number of fused-ring (bicyclic) bond motifs is 3. The minimum atomic E-state index is -0.338. The van der Waals surface area contributed by atoms with Crippen LogP contribution in [0, 0.1) is 0 Å². The van der Waals surface area contributed by atoms with Crippen LogP contribution >= 0.6 is 0 Å². The molecule has 3 heteroatoms. The molecule has 0 aromatic heterocycles. The molecule has 2 aliphatic heterocycles. The second-order valence-corrected chi connectivity index (χ2v) is 6.14. The van der Waals surface area contributed by atoms with E-state index in [1.807, 2.05) is 18.2 Å². The smallest absolute Gasteiger partial charge is 0.143 e. The monoisotopic (exact) mass is 281 g/mol. The number of hydrogen-bond acceptors (Lipinski definition) is 3. The van der Waals surface area contributed by atoms with Crippen molar-refractivity contribution in [2.45, 2.75) is 17.9 Å². The van der Waals surface area contributed by atoms with Gasteiger partial charge in [0.25, 0.3) is 0 Å². The van der Waals surface area contributed by atoms with E-state index in [4.69, 9.17) is 4.74 Å². The molecule has 2 heterocycles. The second-order valence-electron chi connectivity index (χ2n) is 6.14. The number of likely N-dealkylation sites (N-methyl/N-ethyl adjacent to an activating group) is 1. The second kappa shape index (κ2) is 4.50. The first kappa shape index (κ1) is 12.7. The van der Waals surface area contributed by atoms with Gasteiger partial charge < -0.3 is 14.7 Å². The summed E-state index contributed by atoms with van der Waals surface area (Å²) in [7, 11) is 2.16. The van der Waals surface area contributed by atoms with Gasteiger partial charge in [-0.3, -0.25) is 0 Å². The summed E-state index contributed by atoms with van der Waals surface area (Å²) in [6.45, 7) is 1.98. The Morgan fingerprint density at radius 1 is 1.19 bits per heavy atom. The molecular formula is C18H19NO2. The number of benzene rings is 2. The van der Waals surface area contributed by atoms with Gasteiger partial charge in [0.15, 0.2) is 0 Å². The number of aromatic hydroxyl groups is 1. The molecule has 0 saturated carbocycles. The summed E-state index contributed by atoms with van der Waals surface area (Å²) < 4.78 is 6.45. The Morgan fingerprint density at radius 2 is 2.05 bits per heavy atom. The molecule has 0 aliphatic carbocycles. The van der Waals surface area contributed by atoms with Crippen LogP contribution in [0.2, 0.25) is 0 Å². The summed E-state index contributed by atoms with van der Waals surface area (Å²) in [5.74, 6) is 1.61. The maximum Gasteiger partial charge on any atom is 0.143 e. The molecule has 1 saturated heterocycles. The topological polar surface area (TPSA) is 32.7 Å². The number of nitrogens with zero attached hydrogens (tertiary/aromatic N) is 1. The molecule has 2 atom stereocenters. The fourth-order valence-corrected chi connectivity index (χ4v) is 3.78. The Balaban J connectivity index is 1.87. The fraction of sp³-hybridized carbons (Fsp3) is 0.333. The largest absolute Gasteiger partial charge is 0.508 e. The molecule has 0 bridgehead atoms. The maximum atomic E-state index is 9.86. The average molecular weight is 281 g/mol. The average Bonchev–Trinajstić information content (AvgIpc) is 2.82.